The number of nitrogens with one attached hydrogen (secondary N) is 1. The summed E-state index contributed by atoms with van der Waals surface area (Å²) in [5.74, 6) is -1.24. The first kappa shape index (κ1) is 27.1. The molecule has 12 heteroatoms. The first-order chi connectivity index (χ1) is 16.1. The number of amides is 1. The van der Waals surface area contributed by atoms with E-state index in [2.05, 4.69) is 9.50 Å². The van der Waals surface area contributed by atoms with E-state index in [1.165, 1.54) is 0 Å². The maximum atomic E-state index is 12.7. The van der Waals surface area contributed by atoms with Crippen LogP contribution in [0.4, 0.5) is 18.0 Å². The highest BCUT2D eigenvalue weighted by Gasteiger charge is 2.49. The molecule has 2 aromatic carbocycles. The van der Waals surface area contributed by atoms with Gasteiger partial charge in [-0.15, -0.1) is 0 Å². The number of ether oxygens (including phenoxy) is 2. The second-order valence-corrected chi connectivity index (χ2v) is 8.63. The molecule has 0 heterocycles. The zero-order chi connectivity index (χ0) is 25.0. The van der Waals surface area contributed by atoms with Gasteiger partial charge in [0, 0.05) is 6.54 Å². The molecule has 2 rings (SSSR count). The maximum Gasteiger partial charge on any atom is 0.523 e. The SMILES string of the molecule is O=C(NCCCC[C@@H](OS(=O)(=O)C(F)(F)F)C(=O)OCc1ccccc1)OCc1ccccc1. The van der Waals surface area contributed by atoms with E-state index in [0.29, 0.717) is 5.56 Å². The quantitative estimate of drug-likeness (QED) is 0.201. The molecule has 0 saturated carbocycles. The van der Waals surface area contributed by atoms with Crippen molar-refractivity contribution in [3.63, 3.8) is 0 Å². The Morgan fingerprint density at radius 3 is 1.91 bits per heavy atom. The highest BCUT2D eigenvalue weighted by molar-refractivity contribution is 7.87. The molecule has 0 fully saturated rings. The van der Waals surface area contributed by atoms with Crippen molar-refractivity contribution in [3.8, 4) is 0 Å². The summed E-state index contributed by atoms with van der Waals surface area (Å²) in [6, 6.07) is 17.3. The average molecular weight is 503 g/mol. The van der Waals surface area contributed by atoms with Crippen LogP contribution in [0.25, 0.3) is 0 Å². The predicted molar refractivity (Wildman–Crippen MR) is 115 cm³/mol. The molecule has 0 aliphatic rings. The van der Waals surface area contributed by atoms with Gasteiger partial charge in [0.05, 0.1) is 0 Å². The fourth-order valence-electron chi connectivity index (χ4n) is 2.65. The van der Waals surface area contributed by atoms with Gasteiger partial charge in [-0.25, -0.2) is 13.8 Å². The van der Waals surface area contributed by atoms with Crippen molar-refractivity contribution >= 4 is 22.2 Å². The molecule has 8 nitrogen and oxygen atoms in total. The van der Waals surface area contributed by atoms with Crippen molar-refractivity contribution in [2.24, 2.45) is 0 Å². The van der Waals surface area contributed by atoms with Crippen LogP contribution < -0.4 is 5.32 Å². The molecule has 186 valence electrons. The van der Waals surface area contributed by atoms with Crippen LogP contribution in [0.1, 0.15) is 30.4 Å². The maximum absolute atomic E-state index is 12.7. The molecular formula is C22H24F3NO7S. The Hall–Kier alpha value is -3.12. The number of hydrogen-bond acceptors (Lipinski definition) is 7. The van der Waals surface area contributed by atoms with E-state index in [1.807, 2.05) is 6.07 Å². The minimum Gasteiger partial charge on any atom is -0.459 e. The van der Waals surface area contributed by atoms with E-state index in [9.17, 15) is 31.2 Å². The molecule has 0 radical (unpaired) electrons. The predicted octanol–water partition coefficient (Wildman–Crippen LogP) is 4.06. The molecule has 0 unspecified atom stereocenters. The molecule has 0 aliphatic carbocycles. The van der Waals surface area contributed by atoms with Crippen molar-refractivity contribution in [2.75, 3.05) is 6.54 Å². The van der Waals surface area contributed by atoms with Gasteiger partial charge in [-0.3, -0.25) is 0 Å². The summed E-state index contributed by atoms with van der Waals surface area (Å²) in [6.45, 7) is -0.114. The lowest BCUT2D eigenvalue weighted by Crippen LogP contribution is -2.35. The Morgan fingerprint density at radius 1 is 0.853 bits per heavy atom. The molecule has 1 amide bonds. The fraction of sp³-hybridized carbons (Fsp3) is 0.364. The summed E-state index contributed by atoms with van der Waals surface area (Å²) in [4.78, 5) is 23.9. The van der Waals surface area contributed by atoms with E-state index in [4.69, 9.17) is 9.47 Å². The molecule has 0 aromatic heterocycles. The number of alkyl halides is 3. The van der Waals surface area contributed by atoms with Crippen LogP contribution in [0.3, 0.4) is 0 Å². The summed E-state index contributed by atoms with van der Waals surface area (Å²) in [5.41, 5.74) is -4.33. The number of hydrogen-bond donors (Lipinski definition) is 1. The molecule has 0 aliphatic heterocycles. The first-order valence-corrected chi connectivity index (χ1v) is 11.6. The van der Waals surface area contributed by atoms with Crippen LogP contribution >= 0.6 is 0 Å². The zero-order valence-corrected chi connectivity index (χ0v) is 18.8. The molecule has 0 saturated heterocycles. The highest BCUT2D eigenvalue weighted by Crippen LogP contribution is 2.27. The van der Waals surface area contributed by atoms with Gasteiger partial charge in [0.1, 0.15) is 13.2 Å². The van der Waals surface area contributed by atoms with Crippen molar-refractivity contribution in [3.05, 3.63) is 71.8 Å². The monoisotopic (exact) mass is 503 g/mol. The Morgan fingerprint density at radius 2 is 1.38 bits per heavy atom. The molecule has 1 N–H and O–H groups in total. The Bertz CT molecular complexity index is 1020. The lowest BCUT2D eigenvalue weighted by molar-refractivity contribution is -0.154. The van der Waals surface area contributed by atoms with E-state index < -0.39 is 33.8 Å². The number of alkyl carbamates (subject to hydrolysis) is 1. The summed E-state index contributed by atoms with van der Waals surface area (Å²) < 4.78 is 75.0. The normalized spacial score (nSPS) is 12.6. The largest absolute Gasteiger partial charge is 0.523 e. The van der Waals surface area contributed by atoms with Gasteiger partial charge in [0.25, 0.3) is 0 Å². The molecule has 0 bridgehead atoms. The number of halogens is 3. The van der Waals surface area contributed by atoms with E-state index in [0.717, 1.165) is 5.56 Å². The van der Waals surface area contributed by atoms with Crippen LogP contribution in [-0.2, 0) is 41.8 Å². The van der Waals surface area contributed by atoms with Gasteiger partial charge < -0.3 is 14.8 Å². The summed E-state index contributed by atoms with van der Waals surface area (Å²) in [7, 11) is -6.01. The van der Waals surface area contributed by atoms with E-state index in [-0.39, 0.29) is 39.0 Å². The van der Waals surface area contributed by atoms with Crippen LogP contribution in [0.5, 0.6) is 0 Å². The number of carbonyl (C=O) groups is 2. The zero-order valence-electron chi connectivity index (χ0n) is 18.0. The number of unbranched alkanes of at least 4 members (excludes halogenated alkanes) is 1. The first-order valence-electron chi connectivity index (χ1n) is 10.2. The topological polar surface area (TPSA) is 108 Å². The van der Waals surface area contributed by atoms with Crippen molar-refractivity contribution in [1.82, 2.24) is 5.32 Å². The lowest BCUT2D eigenvalue weighted by atomic mass is 10.1. The van der Waals surface area contributed by atoms with E-state index in [1.54, 1.807) is 54.6 Å². The molecule has 1 atom stereocenters. The summed E-state index contributed by atoms with van der Waals surface area (Å²) in [6.07, 6.45) is -2.77. The van der Waals surface area contributed by atoms with Crippen molar-refractivity contribution in [2.45, 2.75) is 44.1 Å². The van der Waals surface area contributed by atoms with Crippen LogP contribution in [0.2, 0.25) is 0 Å². The number of esters is 1. The molecule has 0 spiro atoms. The van der Waals surface area contributed by atoms with Crippen LogP contribution in [-0.4, -0.2) is 38.6 Å². The Kier molecular flexibility index (Phi) is 10.3. The number of rotatable bonds is 12. The van der Waals surface area contributed by atoms with Gasteiger partial charge >= 0.3 is 27.7 Å². The lowest BCUT2D eigenvalue weighted by Gasteiger charge is -2.17. The average Bonchev–Trinajstić information content (AvgIpc) is 2.80. The summed E-state index contributed by atoms with van der Waals surface area (Å²) >= 11 is 0. The van der Waals surface area contributed by atoms with Gasteiger partial charge in [-0.2, -0.15) is 21.6 Å². The van der Waals surface area contributed by atoms with Gasteiger partial charge in [0.15, 0.2) is 6.10 Å². The standard InChI is InChI=1S/C22H24F3NO7S/c23-22(24,25)34(29,30)33-19(20(27)31-15-17-9-3-1-4-10-17)13-7-8-14-26-21(28)32-16-18-11-5-2-6-12-18/h1-6,9-12,19H,7-8,13-16H2,(H,26,28)/t19-/m1/s1. The highest BCUT2D eigenvalue weighted by atomic mass is 32.2. The Balaban J connectivity index is 1.82. The third-order valence-corrected chi connectivity index (χ3v) is 5.44. The van der Waals surface area contributed by atoms with Gasteiger partial charge in [-0.1, -0.05) is 60.7 Å². The number of carbonyl (C=O) groups excluding carboxylic acids is 2. The molecule has 2 aromatic rings. The van der Waals surface area contributed by atoms with Crippen LogP contribution in [0.15, 0.2) is 60.7 Å². The van der Waals surface area contributed by atoms with Crippen molar-refractivity contribution < 1.29 is 44.8 Å². The van der Waals surface area contributed by atoms with Crippen LogP contribution in [0, 0.1) is 0 Å². The molecular weight excluding hydrogens is 479 g/mol. The van der Waals surface area contributed by atoms with Gasteiger partial charge in [0.2, 0.25) is 0 Å². The minimum atomic E-state index is -6.01. The Labute approximate surface area is 195 Å². The second kappa shape index (κ2) is 12.9. The minimum absolute atomic E-state index is 0.0607. The summed E-state index contributed by atoms with van der Waals surface area (Å²) in [5, 5.41) is 2.46. The molecule has 34 heavy (non-hydrogen) atoms. The third kappa shape index (κ3) is 9.40. The smallest absolute Gasteiger partial charge is 0.459 e. The number of benzene rings is 2. The van der Waals surface area contributed by atoms with Crippen molar-refractivity contribution in [1.29, 1.82) is 0 Å². The fourth-order valence-corrected chi connectivity index (χ4v) is 3.24. The second-order valence-electron chi connectivity index (χ2n) is 7.06. The third-order valence-electron chi connectivity index (χ3n) is 4.39. The van der Waals surface area contributed by atoms with Gasteiger partial charge in [-0.05, 0) is 30.4 Å². The van der Waals surface area contributed by atoms with E-state index >= 15 is 0 Å².